The SMILES string of the molecule is O=C(/C=C/NCc1ccccc1)c1ccc(Br)cc1. The zero-order valence-corrected chi connectivity index (χ0v) is 11.9. The third-order valence-corrected chi connectivity index (χ3v) is 3.16. The molecule has 2 rings (SSSR count). The molecule has 19 heavy (non-hydrogen) atoms. The maximum atomic E-state index is 11.8. The maximum absolute atomic E-state index is 11.8. The van der Waals surface area contributed by atoms with Crippen molar-refractivity contribution in [2.75, 3.05) is 0 Å². The van der Waals surface area contributed by atoms with Gasteiger partial charge in [-0.25, -0.2) is 0 Å². The highest BCUT2D eigenvalue weighted by atomic mass is 79.9. The summed E-state index contributed by atoms with van der Waals surface area (Å²) in [7, 11) is 0. The van der Waals surface area contributed by atoms with Crippen LogP contribution in [0, 0.1) is 0 Å². The van der Waals surface area contributed by atoms with Gasteiger partial charge in [-0.15, -0.1) is 0 Å². The van der Waals surface area contributed by atoms with Gasteiger partial charge in [-0.3, -0.25) is 4.79 Å². The summed E-state index contributed by atoms with van der Waals surface area (Å²) >= 11 is 3.34. The van der Waals surface area contributed by atoms with Crippen LogP contribution in [0.2, 0.25) is 0 Å². The van der Waals surface area contributed by atoms with Gasteiger partial charge in [-0.2, -0.15) is 0 Å². The number of ketones is 1. The predicted octanol–water partition coefficient (Wildman–Crippen LogP) is 3.94. The minimum atomic E-state index is -0.00642. The van der Waals surface area contributed by atoms with Gasteiger partial charge < -0.3 is 5.32 Å². The van der Waals surface area contributed by atoms with Crippen molar-refractivity contribution >= 4 is 21.7 Å². The van der Waals surface area contributed by atoms with Gasteiger partial charge in [0.1, 0.15) is 0 Å². The maximum Gasteiger partial charge on any atom is 0.187 e. The van der Waals surface area contributed by atoms with Crippen LogP contribution in [-0.2, 0) is 6.54 Å². The topological polar surface area (TPSA) is 29.1 Å². The van der Waals surface area contributed by atoms with Gasteiger partial charge in [0, 0.05) is 28.9 Å². The third-order valence-electron chi connectivity index (χ3n) is 2.63. The lowest BCUT2D eigenvalue weighted by molar-refractivity contribution is 0.104. The van der Waals surface area contributed by atoms with Gasteiger partial charge in [-0.1, -0.05) is 46.3 Å². The number of allylic oxidation sites excluding steroid dienone is 1. The minimum Gasteiger partial charge on any atom is -0.387 e. The van der Waals surface area contributed by atoms with Crippen LogP contribution in [0.1, 0.15) is 15.9 Å². The zero-order chi connectivity index (χ0) is 13.5. The van der Waals surface area contributed by atoms with Crippen LogP contribution in [0.3, 0.4) is 0 Å². The molecule has 0 bridgehead atoms. The van der Waals surface area contributed by atoms with Crippen LogP contribution in [0.4, 0.5) is 0 Å². The molecular weight excluding hydrogens is 302 g/mol. The second kappa shape index (κ2) is 6.90. The van der Waals surface area contributed by atoms with E-state index in [1.165, 1.54) is 5.56 Å². The summed E-state index contributed by atoms with van der Waals surface area (Å²) < 4.78 is 0.968. The van der Waals surface area contributed by atoms with Crippen molar-refractivity contribution in [3.05, 3.63) is 82.5 Å². The highest BCUT2D eigenvalue weighted by Gasteiger charge is 2.00. The van der Waals surface area contributed by atoms with Crippen molar-refractivity contribution < 1.29 is 4.79 Å². The molecule has 0 fully saturated rings. The Morgan fingerprint density at radius 3 is 2.42 bits per heavy atom. The van der Waals surface area contributed by atoms with Crippen molar-refractivity contribution in [1.82, 2.24) is 5.32 Å². The summed E-state index contributed by atoms with van der Waals surface area (Å²) in [6.45, 7) is 0.713. The molecule has 0 radical (unpaired) electrons. The van der Waals surface area contributed by atoms with E-state index >= 15 is 0 Å². The molecule has 0 unspecified atom stereocenters. The molecular formula is C16H14BrNO. The monoisotopic (exact) mass is 315 g/mol. The molecule has 96 valence electrons. The number of benzene rings is 2. The van der Waals surface area contributed by atoms with E-state index < -0.39 is 0 Å². The van der Waals surface area contributed by atoms with E-state index in [0.717, 1.165) is 4.47 Å². The fourth-order valence-electron chi connectivity index (χ4n) is 1.62. The summed E-state index contributed by atoms with van der Waals surface area (Å²) in [6.07, 6.45) is 3.24. The second-order valence-electron chi connectivity index (χ2n) is 4.07. The fraction of sp³-hybridized carbons (Fsp3) is 0.0625. The molecule has 0 atom stereocenters. The van der Waals surface area contributed by atoms with E-state index in [2.05, 4.69) is 21.2 Å². The molecule has 0 saturated heterocycles. The molecule has 0 heterocycles. The van der Waals surface area contributed by atoms with Crippen LogP contribution in [-0.4, -0.2) is 5.78 Å². The van der Waals surface area contributed by atoms with Gasteiger partial charge in [0.05, 0.1) is 0 Å². The lowest BCUT2D eigenvalue weighted by Gasteiger charge is -2.00. The number of carbonyl (C=O) groups is 1. The Kier molecular flexibility index (Phi) is 4.93. The lowest BCUT2D eigenvalue weighted by atomic mass is 10.1. The minimum absolute atomic E-state index is 0.00642. The number of nitrogens with one attached hydrogen (secondary N) is 1. The molecule has 2 aromatic rings. The quantitative estimate of drug-likeness (QED) is 0.669. The Bertz CT molecular complexity index is 561. The first-order valence-corrected chi connectivity index (χ1v) is 6.79. The van der Waals surface area contributed by atoms with Crippen LogP contribution in [0.5, 0.6) is 0 Å². The van der Waals surface area contributed by atoms with Gasteiger partial charge in [0.15, 0.2) is 5.78 Å². The van der Waals surface area contributed by atoms with E-state index in [1.807, 2.05) is 42.5 Å². The number of hydrogen-bond acceptors (Lipinski definition) is 2. The van der Waals surface area contributed by atoms with Crippen LogP contribution >= 0.6 is 15.9 Å². The molecule has 0 aliphatic heterocycles. The third kappa shape index (κ3) is 4.38. The number of halogens is 1. The molecule has 3 heteroatoms. The molecule has 0 aromatic heterocycles. The van der Waals surface area contributed by atoms with Gasteiger partial charge >= 0.3 is 0 Å². The molecule has 0 spiro atoms. The van der Waals surface area contributed by atoms with Crippen LogP contribution in [0.25, 0.3) is 0 Å². The Hall–Kier alpha value is -1.87. The molecule has 2 nitrogen and oxygen atoms in total. The first-order valence-electron chi connectivity index (χ1n) is 5.99. The Morgan fingerprint density at radius 2 is 1.74 bits per heavy atom. The Balaban J connectivity index is 1.85. The molecule has 2 aromatic carbocycles. The van der Waals surface area contributed by atoms with Gasteiger partial charge in [-0.05, 0) is 29.8 Å². The van der Waals surface area contributed by atoms with Crippen molar-refractivity contribution in [2.45, 2.75) is 6.54 Å². The number of rotatable bonds is 5. The molecule has 0 amide bonds. The van der Waals surface area contributed by atoms with Gasteiger partial charge in [0.25, 0.3) is 0 Å². The first-order chi connectivity index (χ1) is 9.25. The second-order valence-corrected chi connectivity index (χ2v) is 4.99. The smallest absolute Gasteiger partial charge is 0.187 e. The van der Waals surface area contributed by atoms with Crippen molar-refractivity contribution in [2.24, 2.45) is 0 Å². The van der Waals surface area contributed by atoms with E-state index in [1.54, 1.807) is 24.4 Å². The first kappa shape index (κ1) is 13.6. The Labute approximate surface area is 121 Å². The van der Waals surface area contributed by atoms with Crippen molar-refractivity contribution in [3.8, 4) is 0 Å². The van der Waals surface area contributed by atoms with Crippen LogP contribution < -0.4 is 5.32 Å². The van der Waals surface area contributed by atoms with E-state index in [9.17, 15) is 4.79 Å². The predicted molar refractivity (Wildman–Crippen MR) is 80.9 cm³/mol. The fourth-order valence-corrected chi connectivity index (χ4v) is 1.88. The van der Waals surface area contributed by atoms with Crippen LogP contribution in [0.15, 0.2) is 71.3 Å². The normalized spacial score (nSPS) is 10.6. The van der Waals surface area contributed by atoms with E-state index in [0.29, 0.717) is 12.1 Å². The van der Waals surface area contributed by atoms with Crippen molar-refractivity contribution in [3.63, 3.8) is 0 Å². The summed E-state index contributed by atoms with van der Waals surface area (Å²) in [6, 6.07) is 17.4. The zero-order valence-electron chi connectivity index (χ0n) is 10.3. The van der Waals surface area contributed by atoms with Gasteiger partial charge in [0.2, 0.25) is 0 Å². The molecule has 0 saturated carbocycles. The largest absolute Gasteiger partial charge is 0.387 e. The average Bonchev–Trinajstić information content (AvgIpc) is 2.45. The molecule has 0 aliphatic rings. The highest BCUT2D eigenvalue weighted by molar-refractivity contribution is 9.10. The van der Waals surface area contributed by atoms with Crippen molar-refractivity contribution in [1.29, 1.82) is 0 Å². The summed E-state index contributed by atoms with van der Waals surface area (Å²) in [5, 5.41) is 3.10. The summed E-state index contributed by atoms with van der Waals surface area (Å²) in [5.74, 6) is -0.00642. The number of hydrogen-bond donors (Lipinski definition) is 1. The number of carbonyl (C=O) groups excluding carboxylic acids is 1. The van der Waals surface area contributed by atoms with E-state index in [-0.39, 0.29) is 5.78 Å². The average molecular weight is 316 g/mol. The van der Waals surface area contributed by atoms with E-state index in [4.69, 9.17) is 0 Å². The highest BCUT2D eigenvalue weighted by Crippen LogP contribution is 2.11. The lowest BCUT2D eigenvalue weighted by Crippen LogP contribution is -2.05. The standard InChI is InChI=1S/C16H14BrNO/c17-15-8-6-14(7-9-15)16(19)10-11-18-12-13-4-2-1-3-5-13/h1-11,18H,12H2/b11-10+. The molecule has 0 aliphatic carbocycles. The Morgan fingerprint density at radius 1 is 1.05 bits per heavy atom. The summed E-state index contributed by atoms with van der Waals surface area (Å²) in [4.78, 5) is 11.8. The summed E-state index contributed by atoms with van der Waals surface area (Å²) in [5.41, 5.74) is 1.87. The molecule has 1 N–H and O–H groups in total.